The number of rotatable bonds is 2. The highest BCUT2D eigenvalue weighted by Crippen LogP contribution is 2.27. The first-order valence-electron chi connectivity index (χ1n) is 4.91. The van der Waals surface area contributed by atoms with Crippen molar-refractivity contribution < 1.29 is 9.13 Å². The van der Waals surface area contributed by atoms with Crippen molar-refractivity contribution in [2.24, 2.45) is 0 Å². The highest BCUT2D eigenvalue weighted by atomic mass is 35.5. The molecule has 0 aliphatic carbocycles. The molecule has 88 valence electrons. The van der Waals surface area contributed by atoms with Crippen LogP contribution in [-0.4, -0.2) is 4.98 Å². The molecule has 0 spiro atoms. The normalized spacial score (nSPS) is 10.3. The Morgan fingerprint density at radius 2 is 2.12 bits per heavy atom. The van der Waals surface area contributed by atoms with Gasteiger partial charge in [-0.25, -0.2) is 9.37 Å². The van der Waals surface area contributed by atoms with Crippen LogP contribution in [0.1, 0.15) is 5.56 Å². The van der Waals surface area contributed by atoms with Crippen molar-refractivity contribution in [1.82, 2.24) is 4.98 Å². The minimum absolute atomic E-state index is 0.00981. The van der Waals surface area contributed by atoms with Crippen molar-refractivity contribution in [3.05, 3.63) is 46.9 Å². The highest BCUT2D eigenvalue weighted by Gasteiger charge is 2.06. The molecule has 3 nitrogen and oxygen atoms in total. The van der Waals surface area contributed by atoms with E-state index in [0.29, 0.717) is 17.3 Å². The summed E-state index contributed by atoms with van der Waals surface area (Å²) >= 11 is 5.65. The summed E-state index contributed by atoms with van der Waals surface area (Å²) in [6.07, 6.45) is 1.49. The molecular weight excluding hydrogens is 243 g/mol. The number of halogens is 2. The number of nitrogens with zero attached hydrogens (tertiary/aromatic N) is 1. The quantitative estimate of drug-likeness (QED) is 0.889. The molecule has 0 saturated carbocycles. The van der Waals surface area contributed by atoms with E-state index in [9.17, 15) is 4.39 Å². The number of hydrogen-bond acceptors (Lipinski definition) is 3. The van der Waals surface area contributed by atoms with E-state index in [1.165, 1.54) is 24.4 Å². The third-order valence-corrected chi connectivity index (χ3v) is 2.45. The van der Waals surface area contributed by atoms with E-state index in [4.69, 9.17) is 22.1 Å². The lowest BCUT2D eigenvalue weighted by molar-refractivity contribution is 0.457. The van der Waals surface area contributed by atoms with Crippen LogP contribution in [0.5, 0.6) is 11.6 Å². The lowest BCUT2D eigenvalue weighted by atomic mass is 10.3. The van der Waals surface area contributed by atoms with Gasteiger partial charge in [0, 0.05) is 11.6 Å². The number of hydrogen-bond donors (Lipinski definition) is 1. The van der Waals surface area contributed by atoms with Crippen LogP contribution >= 0.6 is 11.6 Å². The van der Waals surface area contributed by atoms with Crippen LogP contribution in [0, 0.1) is 12.7 Å². The first-order valence-corrected chi connectivity index (χ1v) is 5.29. The van der Waals surface area contributed by atoms with Gasteiger partial charge in [-0.2, -0.15) is 0 Å². The summed E-state index contributed by atoms with van der Waals surface area (Å²) in [5.74, 6) is 0.361. The second kappa shape index (κ2) is 4.59. The Balaban J connectivity index is 2.28. The maximum Gasteiger partial charge on any atom is 0.222 e. The van der Waals surface area contributed by atoms with Crippen LogP contribution in [0.25, 0.3) is 0 Å². The van der Waals surface area contributed by atoms with Gasteiger partial charge in [0.1, 0.15) is 11.6 Å². The van der Waals surface area contributed by atoms with Gasteiger partial charge >= 0.3 is 0 Å². The minimum Gasteiger partial charge on any atom is -0.439 e. The predicted molar refractivity (Wildman–Crippen MR) is 64.9 cm³/mol. The van der Waals surface area contributed by atoms with Crippen LogP contribution in [0.4, 0.5) is 10.1 Å². The summed E-state index contributed by atoms with van der Waals surface area (Å²) in [6.45, 7) is 1.82. The number of nitrogen functional groups attached to an aromatic ring is 1. The molecule has 1 aromatic carbocycles. The average molecular weight is 253 g/mol. The molecule has 0 atom stereocenters. The number of aromatic nitrogens is 1. The van der Waals surface area contributed by atoms with Crippen LogP contribution in [0.2, 0.25) is 5.02 Å². The average Bonchev–Trinajstić information content (AvgIpc) is 2.27. The van der Waals surface area contributed by atoms with Crippen molar-refractivity contribution in [1.29, 1.82) is 0 Å². The standard InChI is InChI=1S/C12H10ClFN2O/c1-7-4-8(15)6-16-12(7)17-9-2-3-11(14)10(13)5-9/h2-6H,15H2,1H3. The van der Waals surface area contributed by atoms with E-state index in [2.05, 4.69) is 4.98 Å². The third kappa shape index (κ3) is 2.65. The molecule has 0 aliphatic heterocycles. The fraction of sp³-hybridized carbons (Fsp3) is 0.0833. The van der Waals surface area contributed by atoms with Crippen molar-refractivity contribution in [3.63, 3.8) is 0 Å². The monoisotopic (exact) mass is 252 g/mol. The van der Waals surface area contributed by atoms with Crippen molar-refractivity contribution >= 4 is 17.3 Å². The number of nitrogens with two attached hydrogens (primary N) is 1. The van der Waals surface area contributed by atoms with E-state index < -0.39 is 5.82 Å². The Morgan fingerprint density at radius 1 is 1.35 bits per heavy atom. The van der Waals surface area contributed by atoms with Gasteiger partial charge in [-0.1, -0.05) is 11.6 Å². The van der Waals surface area contributed by atoms with Crippen LogP contribution in [0.3, 0.4) is 0 Å². The lowest BCUT2D eigenvalue weighted by Gasteiger charge is -2.08. The second-order valence-electron chi connectivity index (χ2n) is 3.57. The SMILES string of the molecule is Cc1cc(N)cnc1Oc1ccc(F)c(Cl)c1. The van der Waals surface area contributed by atoms with Gasteiger partial charge in [0.25, 0.3) is 0 Å². The molecule has 0 amide bonds. The summed E-state index contributed by atoms with van der Waals surface area (Å²) in [5.41, 5.74) is 6.93. The van der Waals surface area contributed by atoms with Crippen LogP contribution in [-0.2, 0) is 0 Å². The van der Waals surface area contributed by atoms with E-state index in [-0.39, 0.29) is 5.02 Å². The van der Waals surface area contributed by atoms with Gasteiger partial charge in [-0.3, -0.25) is 0 Å². The number of pyridine rings is 1. The summed E-state index contributed by atoms with van der Waals surface area (Å²) < 4.78 is 18.4. The number of ether oxygens (including phenoxy) is 1. The van der Waals surface area contributed by atoms with Gasteiger partial charge in [0.05, 0.1) is 16.9 Å². The van der Waals surface area contributed by atoms with Crippen LogP contribution in [0.15, 0.2) is 30.5 Å². The second-order valence-corrected chi connectivity index (χ2v) is 3.98. The zero-order chi connectivity index (χ0) is 12.4. The predicted octanol–water partition coefficient (Wildman–Crippen LogP) is 3.56. The van der Waals surface area contributed by atoms with Gasteiger partial charge < -0.3 is 10.5 Å². The topological polar surface area (TPSA) is 48.1 Å². The van der Waals surface area contributed by atoms with Gasteiger partial charge in [0.2, 0.25) is 5.88 Å². The Bertz CT molecular complexity index is 560. The fourth-order valence-electron chi connectivity index (χ4n) is 1.34. The molecule has 0 bridgehead atoms. The van der Waals surface area contributed by atoms with E-state index in [1.54, 1.807) is 6.07 Å². The van der Waals surface area contributed by atoms with E-state index in [0.717, 1.165) is 5.56 Å². The number of anilines is 1. The van der Waals surface area contributed by atoms with E-state index >= 15 is 0 Å². The summed E-state index contributed by atoms with van der Waals surface area (Å²) in [4.78, 5) is 4.04. The lowest BCUT2D eigenvalue weighted by Crippen LogP contribution is -1.94. The molecule has 1 aromatic heterocycles. The molecule has 2 aromatic rings. The molecule has 1 heterocycles. The highest BCUT2D eigenvalue weighted by molar-refractivity contribution is 6.30. The molecule has 0 fully saturated rings. The Morgan fingerprint density at radius 3 is 2.76 bits per heavy atom. The Kier molecular flexibility index (Phi) is 3.15. The van der Waals surface area contributed by atoms with E-state index in [1.807, 2.05) is 6.92 Å². The number of aryl methyl sites for hydroxylation is 1. The maximum absolute atomic E-state index is 13.0. The van der Waals surface area contributed by atoms with Gasteiger partial charge in [-0.15, -0.1) is 0 Å². The summed E-state index contributed by atoms with van der Waals surface area (Å²) in [7, 11) is 0. The number of benzene rings is 1. The molecule has 2 N–H and O–H groups in total. The molecule has 17 heavy (non-hydrogen) atoms. The molecule has 0 saturated heterocycles. The molecule has 2 rings (SSSR count). The summed E-state index contributed by atoms with van der Waals surface area (Å²) in [5, 5.41) is 0.00981. The smallest absolute Gasteiger partial charge is 0.222 e. The van der Waals surface area contributed by atoms with Gasteiger partial charge in [0.15, 0.2) is 0 Å². The third-order valence-electron chi connectivity index (χ3n) is 2.16. The first kappa shape index (κ1) is 11.7. The van der Waals surface area contributed by atoms with Crippen molar-refractivity contribution in [2.45, 2.75) is 6.92 Å². The van der Waals surface area contributed by atoms with Crippen LogP contribution < -0.4 is 10.5 Å². The first-order chi connectivity index (χ1) is 8.06. The fourth-order valence-corrected chi connectivity index (χ4v) is 1.51. The van der Waals surface area contributed by atoms with Gasteiger partial charge in [-0.05, 0) is 25.1 Å². The minimum atomic E-state index is -0.485. The molecule has 5 heteroatoms. The summed E-state index contributed by atoms with van der Waals surface area (Å²) in [6, 6.07) is 5.87. The molecule has 0 unspecified atom stereocenters. The largest absolute Gasteiger partial charge is 0.439 e. The molecular formula is C12H10ClFN2O. The zero-order valence-electron chi connectivity index (χ0n) is 9.08. The Labute approximate surface area is 103 Å². The molecule has 0 aliphatic rings. The van der Waals surface area contributed by atoms with Crippen molar-refractivity contribution in [3.8, 4) is 11.6 Å². The maximum atomic E-state index is 13.0. The van der Waals surface area contributed by atoms with Crippen molar-refractivity contribution in [2.75, 3.05) is 5.73 Å². The zero-order valence-corrected chi connectivity index (χ0v) is 9.83. The Hall–Kier alpha value is -1.81. The molecule has 0 radical (unpaired) electrons.